The van der Waals surface area contributed by atoms with Crippen LogP contribution in [-0.4, -0.2) is 86.2 Å². The van der Waals surface area contributed by atoms with Gasteiger partial charge >= 0.3 is 0 Å². The number of nitrogens with zero attached hydrogens (tertiary/aromatic N) is 3. The highest BCUT2D eigenvalue weighted by Gasteiger charge is 2.20. The minimum Gasteiger partial charge on any atom is -0.314 e. The molecular weight excluding hydrogens is 224 g/mol. The van der Waals surface area contributed by atoms with E-state index in [-0.39, 0.29) is 0 Å². The Morgan fingerprint density at radius 3 is 2.00 bits per heavy atom. The third-order valence-corrected chi connectivity index (χ3v) is 4.56. The Kier molecular flexibility index (Phi) is 5.89. The van der Waals surface area contributed by atoms with E-state index in [9.17, 15) is 0 Å². The van der Waals surface area contributed by atoms with Crippen molar-refractivity contribution in [2.75, 3.05) is 65.4 Å². The molecule has 1 atom stereocenters. The minimum absolute atomic E-state index is 0.764. The van der Waals surface area contributed by atoms with Crippen molar-refractivity contribution in [3.63, 3.8) is 0 Å². The topological polar surface area (TPSA) is 21.8 Å². The van der Waals surface area contributed by atoms with Crippen LogP contribution >= 0.6 is 0 Å². The molecule has 4 nitrogen and oxygen atoms in total. The number of hydrogen-bond acceptors (Lipinski definition) is 4. The molecule has 0 aromatic rings. The van der Waals surface area contributed by atoms with Gasteiger partial charge in [0.05, 0.1) is 0 Å². The molecule has 0 saturated carbocycles. The van der Waals surface area contributed by atoms with Crippen molar-refractivity contribution < 1.29 is 0 Å². The lowest BCUT2D eigenvalue weighted by atomic mass is 10.2. The largest absolute Gasteiger partial charge is 0.314 e. The first kappa shape index (κ1) is 14.3. The third-order valence-electron chi connectivity index (χ3n) is 4.56. The molecule has 0 bridgehead atoms. The van der Waals surface area contributed by atoms with E-state index >= 15 is 0 Å². The standard InChI is InChI=1S/C14H30N4/c1-3-14(2)18-12-10-17(11-13-18)9-8-16-6-4-15-5-7-16/h14-15H,3-13H2,1-2H3. The highest BCUT2D eigenvalue weighted by atomic mass is 15.3. The van der Waals surface area contributed by atoms with Gasteiger partial charge in [0.15, 0.2) is 0 Å². The molecular formula is C14H30N4. The predicted octanol–water partition coefficient (Wildman–Crippen LogP) is 0.308. The summed E-state index contributed by atoms with van der Waals surface area (Å²) in [6.07, 6.45) is 1.28. The molecule has 1 unspecified atom stereocenters. The monoisotopic (exact) mass is 254 g/mol. The summed E-state index contributed by atoms with van der Waals surface area (Å²) < 4.78 is 0. The van der Waals surface area contributed by atoms with E-state index in [2.05, 4.69) is 33.9 Å². The number of piperazine rings is 2. The lowest BCUT2D eigenvalue weighted by Gasteiger charge is -2.38. The smallest absolute Gasteiger partial charge is 0.0113 e. The maximum atomic E-state index is 3.42. The SMILES string of the molecule is CCC(C)N1CCN(CCN2CCNCC2)CC1. The zero-order valence-electron chi connectivity index (χ0n) is 12.2. The first-order valence-electron chi connectivity index (χ1n) is 7.69. The van der Waals surface area contributed by atoms with Gasteiger partial charge in [-0.05, 0) is 13.3 Å². The van der Waals surface area contributed by atoms with Gasteiger partial charge in [0.25, 0.3) is 0 Å². The molecule has 0 aliphatic carbocycles. The second-order valence-corrected chi connectivity index (χ2v) is 5.73. The molecule has 106 valence electrons. The van der Waals surface area contributed by atoms with Crippen LogP contribution in [0.4, 0.5) is 0 Å². The fraction of sp³-hybridized carbons (Fsp3) is 1.00. The molecule has 1 N–H and O–H groups in total. The fourth-order valence-electron chi connectivity index (χ4n) is 2.90. The van der Waals surface area contributed by atoms with E-state index in [1.54, 1.807) is 0 Å². The van der Waals surface area contributed by atoms with Crippen LogP contribution in [0.3, 0.4) is 0 Å². The highest BCUT2D eigenvalue weighted by Crippen LogP contribution is 2.08. The van der Waals surface area contributed by atoms with Crippen molar-refractivity contribution in [2.45, 2.75) is 26.3 Å². The van der Waals surface area contributed by atoms with Crippen molar-refractivity contribution in [3.8, 4) is 0 Å². The Bertz CT molecular complexity index is 220. The summed E-state index contributed by atoms with van der Waals surface area (Å²) >= 11 is 0. The van der Waals surface area contributed by atoms with Gasteiger partial charge in [-0.2, -0.15) is 0 Å². The van der Waals surface area contributed by atoms with E-state index in [4.69, 9.17) is 0 Å². The predicted molar refractivity (Wildman–Crippen MR) is 77.1 cm³/mol. The van der Waals surface area contributed by atoms with Gasteiger partial charge < -0.3 is 5.32 Å². The molecule has 2 aliphatic heterocycles. The molecule has 2 rings (SSSR count). The van der Waals surface area contributed by atoms with Crippen LogP contribution in [0.25, 0.3) is 0 Å². The molecule has 0 spiro atoms. The van der Waals surface area contributed by atoms with Crippen LogP contribution in [0.15, 0.2) is 0 Å². The van der Waals surface area contributed by atoms with E-state index in [1.807, 2.05) is 0 Å². The number of rotatable bonds is 5. The van der Waals surface area contributed by atoms with Crippen LogP contribution in [0, 0.1) is 0 Å². The Labute approximate surface area is 112 Å². The van der Waals surface area contributed by atoms with Crippen molar-refractivity contribution in [3.05, 3.63) is 0 Å². The first-order valence-corrected chi connectivity index (χ1v) is 7.69. The molecule has 2 aliphatic rings. The van der Waals surface area contributed by atoms with Gasteiger partial charge in [0, 0.05) is 71.5 Å². The number of nitrogens with one attached hydrogen (secondary N) is 1. The Hall–Kier alpha value is -0.160. The quantitative estimate of drug-likeness (QED) is 0.762. The van der Waals surface area contributed by atoms with Crippen LogP contribution in [0.2, 0.25) is 0 Å². The summed E-state index contributed by atoms with van der Waals surface area (Å²) in [5, 5.41) is 3.42. The maximum Gasteiger partial charge on any atom is 0.0113 e. The van der Waals surface area contributed by atoms with Gasteiger partial charge in [-0.25, -0.2) is 0 Å². The van der Waals surface area contributed by atoms with Crippen LogP contribution in [0.1, 0.15) is 20.3 Å². The van der Waals surface area contributed by atoms with Gasteiger partial charge in [-0.1, -0.05) is 6.92 Å². The van der Waals surface area contributed by atoms with Gasteiger partial charge in [0.2, 0.25) is 0 Å². The van der Waals surface area contributed by atoms with E-state index in [0.29, 0.717) is 0 Å². The Morgan fingerprint density at radius 1 is 0.889 bits per heavy atom. The van der Waals surface area contributed by atoms with Crippen molar-refractivity contribution in [2.24, 2.45) is 0 Å². The van der Waals surface area contributed by atoms with Gasteiger partial charge in [-0.3, -0.25) is 14.7 Å². The fourth-order valence-corrected chi connectivity index (χ4v) is 2.90. The summed E-state index contributed by atoms with van der Waals surface area (Å²) in [6, 6.07) is 0.764. The average Bonchev–Trinajstić information content (AvgIpc) is 2.46. The zero-order valence-corrected chi connectivity index (χ0v) is 12.2. The number of hydrogen-bond donors (Lipinski definition) is 1. The molecule has 0 aromatic heterocycles. The molecule has 0 amide bonds. The molecule has 4 heteroatoms. The summed E-state index contributed by atoms with van der Waals surface area (Å²) in [6.45, 7) is 17.0. The van der Waals surface area contributed by atoms with E-state index in [1.165, 1.54) is 71.9 Å². The zero-order chi connectivity index (χ0) is 12.8. The second-order valence-electron chi connectivity index (χ2n) is 5.73. The third kappa shape index (κ3) is 4.19. The molecule has 2 heterocycles. The normalized spacial score (nSPS) is 26.3. The maximum absolute atomic E-state index is 3.42. The summed E-state index contributed by atoms with van der Waals surface area (Å²) in [7, 11) is 0. The van der Waals surface area contributed by atoms with E-state index in [0.717, 1.165) is 6.04 Å². The lowest BCUT2D eigenvalue weighted by molar-refractivity contribution is 0.0903. The molecule has 0 radical (unpaired) electrons. The first-order chi connectivity index (χ1) is 8.79. The highest BCUT2D eigenvalue weighted by molar-refractivity contribution is 4.77. The minimum atomic E-state index is 0.764. The van der Waals surface area contributed by atoms with Gasteiger partial charge in [0.1, 0.15) is 0 Å². The van der Waals surface area contributed by atoms with Crippen LogP contribution < -0.4 is 5.32 Å². The lowest BCUT2D eigenvalue weighted by Crippen LogP contribution is -2.52. The second kappa shape index (κ2) is 7.43. The van der Waals surface area contributed by atoms with Crippen LogP contribution in [0.5, 0.6) is 0 Å². The Balaban J connectivity index is 1.61. The molecule has 2 fully saturated rings. The van der Waals surface area contributed by atoms with Crippen molar-refractivity contribution >= 4 is 0 Å². The van der Waals surface area contributed by atoms with Crippen molar-refractivity contribution in [1.29, 1.82) is 0 Å². The summed E-state index contributed by atoms with van der Waals surface area (Å²) in [4.78, 5) is 7.87. The van der Waals surface area contributed by atoms with Gasteiger partial charge in [-0.15, -0.1) is 0 Å². The molecule has 0 aromatic carbocycles. The molecule has 2 saturated heterocycles. The van der Waals surface area contributed by atoms with Crippen LogP contribution in [-0.2, 0) is 0 Å². The van der Waals surface area contributed by atoms with E-state index < -0.39 is 0 Å². The molecule has 18 heavy (non-hydrogen) atoms. The summed E-state index contributed by atoms with van der Waals surface area (Å²) in [5.74, 6) is 0. The summed E-state index contributed by atoms with van der Waals surface area (Å²) in [5.41, 5.74) is 0. The van der Waals surface area contributed by atoms with Crippen molar-refractivity contribution in [1.82, 2.24) is 20.0 Å². The Morgan fingerprint density at radius 2 is 1.44 bits per heavy atom. The average molecular weight is 254 g/mol.